The average Bonchev–Trinajstić information content (AvgIpc) is 2.69. The van der Waals surface area contributed by atoms with Crippen LogP contribution < -0.4 is 9.64 Å². The molecule has 0 atom stereocenters. The van der Waals surface area contributed by atoms with Crippen molar-refractivity contribution in [1.29, 1.82) is 10.5 Å². The molecular formula is C24H23N3OS. The zero-order valence-corrected chi connectivity index (χ0v) is 17.9. The highest BCUT2D eigenvalue weighted by Crippen LogP contribution is 2.39. The van der Waals surface area contributed by atoms with Crippen molar-refractivity contribution in [1.82, 2.24) is 0 Å². The van der Waals surface area contributed by atoms with Crippen LogP contribution in [0.2, 0.25) is 0 Å². The van der Waals surface area contributed by atoms with Gasteiger partial charge in [-0.05, 0) is 74.6 Å². The van der Waals surface area contributed by atoms with E-state index in [1.165, 1.54) is 0 Å². The van der Waals surface area contributed by atoms with Crippen molar-refractivity contribution in [2.75, 3.05) is 18.0 Å². The van der Waals surface area contributed by atoms with Crippen molar-refractivity contribution in [3.8, 4) is 17.9 Å². The lowest BCUT2D eigenvalue weighted by atomic mass is 10.0. The molecule has 1 aromatic carbocycles. The molecule has 2 aliphatic rings. The fraction of sp³-hybridized carbons (Fsp3) is 0.250. The normalized spacial score (nSPS) is 16.6. The Morgan fingerprint density at radius 1 is 1.10 bits per heavy atom. The van der Waals surface area contributed by atoms with Crippen molar-refractivity contribution < 1.29 is 4.74 Å². The Labute approximate surface area is 176 Å². The van der Waals surface area contributed by atoms with Gasteiger partial charge in [-0.1, -0.05) is 11.8 Å². The molecular weight excluding hydrogens is 378 g/mol. The molecule has 0 aromatic heterocycles. The first kappa shape index (κ1) is 20.6. The summed E-state index contributed by atoms with van der Waals surface area (Å²) in [7, 11) is 0. The third-order valence-electron chi connectivity index (χ3n) is 4.84. The van der Waals surface area contributed by atoms with Crippen LogP contribution >= 0.6 is 11.8 Å². The first-order valence-corrected chi connectivity index (χ1v) is 10.4. The van der Waals surface area contributed by atoms with Crippen LogP contribution in [0.15, 0.2) is 69.2 Å². The Hall–Kier alpha value is -3.15. The van der Waals surface area contributed by atoms with Gasteiger partial charge in [-0.25, -0.2) is 0 Å². The molecule has 0 unspecified atom stereocenters. The summed E-state index contributed by atoms with van der Waals surface area (Å²) in [5.74, 6) is 1.59. The number of benzene rings is 1. The van der Waals surface area contributed by atoms with Crippen LogP contribution in [0.3, 0.4) is 0 Å². The van der Waals surface area contributed by atoms with Gasteiger partial charge in [0.2, 0.25) is 0 Å². The standard InChI is InChI=1S/C24H23N3OS/c1-5-27(6-2)20-7-8-23-16(3)9-21(28-24(23)12-20)13-22-11-18(10-17(4)29-22)19(14-25)15-26/h7-13H,5-6H2,1-4H3. The first-order valence-electron chi connectivity index (χ1n) is 9.58. The first-order chi connectivity index (χ1) is 14.0. The van der Waals surface area contributed by atoms with Crippen LogP contribution in [0.25, 0.3) is 5.57 Å². The summed E-state index contributed by atoms with van der Waals surface area (Å²) in [6.45, 7) is 10.2. The zero-order chi connectivity index (χ0) is 21.0. The van der Waals surface area contributed by atoms with E-state index in [-0.39, 0.29) is 5.57 Å². The Morgan fingerprint density at radius 2 is 1.83 bits per heavy atom. The number of rotatable bonds is 4. The van der Waals surface area contributed by atoms with Crippen LogP contribution in [0, 0.1) is 22.7 Å². The molecule has 1 aromatic rings. The van der Waals surface area contributed by atoms with Crippen LogP contribution in [0.5, 0.6) is 5.75 Å². The summed E-state index contributed by atoms with van der Waals surface area (Å²) in [6.07, 6.45) is 7.71. The monoisotopic (exact) mass is 401 g/mol. The van der Waals surface area contributed by atoms with E-state index in [0.29, 0.717) is 5.57 Å². The van der Waals surface area contributed by atoms with E-state index in [2.05, 4.69) is 43.9 Å². The van der Waals surface area contributed by atoms with Crippen LogP contribution in [0.1, 0.15) is 33.3 Å². The van der Waals surface area contributed by atoms with Gasteiger partial charge in [-0.15, -0.1) is 0 Å². The number of allylic oxidation sites excluding steroid dienone is 8. The number of hydrogen-bond donors (Lipinski definition) is 0. The molecule has 0 N–H and O–H groups in total. The van der Waals surface area contributed by atoms with E-state index in [4.69, 9.17) is 4.74 Å². The summed E-state index contributed by atoms with van der Waals surface area (Å²) in [6, 6.07) is 10.3. The van der Waals surface area contributed by atoms with Crippen LogP contribution in [0.4, 0.5) is 5.69 Å². The quantitative estimate of drug-likeness (QED) is 0.571. The molecule has 5 heteroatoms. The van der Waals surface area contributed by atoms with Gasteiger partial charge in [0.1, 0.15) is 29.2 Å². The van der Waals surface area contributed by atoms with E-state index in [1.54, 1.807) is 11.8 Å². The van der Waals surface area contributed by atoms with E-state index < -0.39 is 0 Å². The van der Waals surface area contributed by atoms with E-state index >= 15 is 0 Å². The third-order valence-corrected chi connectivity index (χ3v) is 5.75. The van der Waals surface area contributed by atoms with Crippen LogP contribution in [-0.4, -0.2) is 13.1 Å². The van der Waals surface area contributed by atoms with Gasteiger partial charge in [0, 0.05) is 40.9 Å². The van der Waals surface area contributed by atoms with Gasteiger partial charge in [0.05, 0.1) is 0 Å². The summed E-state index contributed by atoms with van der Waals surface area (Å²) in [5, 5.41) is 18.4. The average molecular weight is 402 g/mol. The van der Waals surface area contributed by atoms with Gasteiger partial charge < -0.3 is 9.64 Å². The number of nitriles is 2. The summed E-state index contributed by atoms with van der Waals surface area (Å²) < 4.78 is 6.21. The minimum absolute atomic E-state index is 0.117. The number of thioether (sulfide) groups is 1. The van der Waals surface area contributed by atoms with Crippen molar-refractivity contribution >= 4 is 23.0 Å². The predicted octanol–water partition coefficient (Wildman–Crippen LogP) is 6.09. The Kier molecular flexibility index (Phi) is 6.32. The second kappa shape index (κ2) is 8.90. The molecule has 0 saturated heterocycles. The second-order valence-electron chi connectivity index (χ2n) is 6.79. The fourth-order valence-electron chi connectivity index (χ4n) is 3.39. The van der Waals surface area contributed by atoms with Crippen molar-refractivity contribution in [3.05, 3.63) is 74.8 Å². The van der Waals surface area contributed by atoms with E-state index in [0.717, 1.165) is 51.2 Å². The highest BCUT2D eigenvalue weighted by molar-refractivity contribution is 8.06. The molecule has 0 saturated carbocycles. The Balaban J connectivity index is 1.97. The zero-order valence-electron chi connectivity index (χ0n) is 17.1. The summed E-state index contributed by atoms with van der Waals surface area (Å²) >= 11 is 1.60. The molecule has 29 heavy (non-hydrogen) atoms. The molecule has 0 aliphatic carbocycles. The number of anilines is 1. The van der Waals surface area contributed by atoms with Gasteiger partial charge in [-0.3, -0.25) is 0 Å². The van der Waals surface area contributed by atoms with E-state index in [1.807, 2.05) is 43.4 Å². The number of nitrogens with zero attached hydrogens (tertiary/aromatic N) is 3. The summed E-state index contributed by atoms with van der Waals surface area (Å²) in [5.41, 5.74) is 4.13. The van der Waals surface area contributed by atoms with Gasteiger partial charge in [-0.2, -0.15) is 10.5 Å². The lowest BCUT2D eigenvalue weighted by Crippen LogP contribution is -2.21. The Morgan fingerprint density at radius 3 is 2.48 bits per heavy atom. The molecule has 0 fully saturated rings. The molecule has 3 rings (SSSR count). The van der Waals surface area contributed by atoms with Gasteiger partial charge in [0.25, 0.3) is 0 Å². The molecule has 0 spiro atoms. The lowest BCUT2D eigenvalue weighted by Gasteiger charge is -2.25. The fourth-order valence-corrected chi connectivity index (χ4v) is 4.31. The second-order valence-corrected chi connectivity index (χ2v) is 8.11. The van der Waals surface area contributed by atoms with Crippen molar-refractivity contribution in [3.63, 3.8) is 0 Å². The summed E-state index contributed by atoms with van der Waals surface area (Å²) in [4.78, 5) is 4.25. The largest absolute Gasteiger partial charge is 0.457 e. The molecule has 146 valence electrons. The maximum Gasteiger partial charge on any atom is 0.136 e. The molecule has 0 bridgehead atoms. The molecule has 2 heterocycles. The number of fused-ring (bicyclic) bond motifs is 1. The molecule has 0 radical (unpaired) electrons. The predicted molar refractivity (Wildman–Crippen MR) is 120 cm³/mol. The molecule has 4 nitrogen and oxygen atoms in total. The van der Waals surface area contributed by atoms with Crippen molar-refractivity contribution in [2.24, 2.45) is 0 Å². The highest BCUT2D eigenvalue weighted by atomic mass is 32.2. The maximum absolute atomic E-state index is 9.18. The SMILES string of the molecule is CCN(CC)c1ccc2c(c1)OC(=CC1=CC(=C(C#N)C#N)C=C(C)S1)C=C2C. The minimum atomic E-state index is 0.117. The molecule has 0 amide bonds. The molecule has 2 aliphatic heterocycles. The van der Waals surface area contributed by atoms with Gasteiger partial charge >= 0.3 is 0 Å². The number of ether oxygens (including phenoxy) is 1. The smallest absolute Gasteiger partial charge is 0.136 e. The third kappa shape index (κ3) is 4.47. The van der Waals surface area contributed by atoms with Crippen LogP contribution in [-0.2, 0) is 0 Å². The van der Waals surface area contributed by atoms with E-state index in [9.17, 15) is 10.5 Å². The lowest BCUT2D eigenvalue weighted by molar-refractivity contribution is 0.438. The topological polar surface area (TPSA) is 60.0 Å². The number of hydrogen-bond acceptors (Lipinski definition) is 5. The minimum Gasteiger partial charge on any atom is -0.457 e. The maximum atomic E-state index is 9.18. The Bertz CT molecular complexity index is 1050. The van der Waals surface area contributed by atoms with Gasteiger partial charge in [0.15, 0.2) is 0 Å². The van der Waals surface area contributed by atoms with Crippen molar-refractivity contribution in [2.45, 2.75) is 27.7 Å². The highest BCUT2D eigenvalue weighted by Gasteiger charge is 2.18.